The summed E-state index contributed by atoms with van der Waals surface area (Å²) in [4.78, 5) is 25.5. The molecule has 1 fully saturated rings. The lowest BCUT2D eigenvalue weighted by Crippen LogP contribution is -2.41. The molecule has 0 aromatic heterocycles. The highest BCUT2D eigenvalue weighted by molar-refractivity contribution is 5.79. The van der Waals surface area contributed by atoms with Gasteiger partial charge in [-0.05, 0) is 12.0 Å². The number of nitrogens with zero attached hydrogens (tertiary/aromatic N) is 1. The lowest BCUT2D eigenvalue weighted by molar-refractivity contribution is -0.147. The highest BCUT2D eigenvalue weighted by Gasteiger charge is 2.20. The molecule has 0 radical (unpaired) electrons. The van der Waals surface area contributed by atoms with Crippen LogP contribution in [0.25, 0.3) is 0 Å². The maximum atomic E-state index is 12.0. The quantitative estimate of drug-likeness (QED) is 0.782. The molecule has 0 aliphatic carbocycles. The van der Waals surface area contributed by atoms with E-state index in [1.54, 1.807) is 4.90 Å². The van der Waals surface area contributed by atoms with Crippen LogP contribution in [0.3, 0.4) is 0 Å². The summed E-state index contributed by atoms with van der Waals surface area (Å²) in [6.45, 7) is 2.54. The van der Waals surface area contributed by atoms with Crippen LogP contribution in [0.4, 0.5) is 0 Å². The molecule has 1 unspecified atom stereocenters. The van der Waals surface area contributed by atoms with E-state index in [-0.39, 0.29) is 18.9 Å². The number of carbonyl (C=O) groups excluding carboxylic acids is 2. The summed E-state index contributed by atoms with van der Waals surface area (Å²) in [7, 11) is 0. The van der Waals surface area contributed by atoms with Gasteiger partial charge in [0.15, 0.2) is 0 Å². The van der Waals surface area contributed by atoms with Crippen LogP contribution in [-0.2, 0) is 25.7 Å². The molecule has 0 spiro atoms. The zero-order chi connectivity index (χ0) is 15.8. The number of morpholine rings is 1. The SMILES string of the molecule is NC(CCC(=O)N1CCOCC1)C(=O)OCc1ccccc1. The van der Waals surface area contributed by atoms with Gasteiger partial charge in [0.05, 0.1) is 13.2 Å². The summed E-state index contributed by atoms with van der Waals surface area (Å²) in [5.74, 6) is -0.465. The standard InChI is InChI=1S/C16H22N2O4/c17-14(6-7-15(19)18-8-10-21-11-9-18)16(20)22-12-13-4-2-1-3-5-13/h1-5,14H,6-12,17H2. The summed E-state index contributed by atoms with van der Waals surface area (Å²) in [6, 6.07) is 8.64. The summed E-state index contributed by atoms with van der Waals surface area (Å²) in [5, 5.41) is 0. The van der Waals surface area contributed by atoms with Crippen molar-refractivity contribution in [2.75, 3.05) is 26.3 Å². The second-order valence-electron chi connectivity index (χ2n) is 5.23. The summed E-state index contributed by atoms with van der Waals surface area (Å²) in [5.41, 5.74) is 6.70. The summed E-state index contributed by atoms with van der Waals surface area (Å²) < 4.78 is 10.4. The minimum Gasteiger partial charge on any atom is -0.460 e. The maximum Gasteiger partial charge on any atom is 0.323 e. The van der Waals surface area contributed by atoms with E-state index in [1.165, 1.54) is 0 Å². The fourth-order valence-corrected chi connectivity index (χ4v) is 2.20. The van der Waals surface area contributed by atoms with E-state index in [0.717, 1.165) is 5.56 Å². The maximum absolute atomic E-state index is 12.0. The van der Waals surface area contributed by atoms with E-state index in [9.17, 15) is 9.59 Å². The van der Waals surface area contributed by atoms with Gasteiger partial charge in [-0.3, -0.25) is 9.59 Å². The molecule has 2 rings (SSSR count). The number of hydrogen-bond donors (Lipinski definition) is 1. The van der Waals surface area contributed by atoms with Gasteiger partial charge in [0.25, 0.3) is 0 Å². The zero-order valence-corrected chi connectivity index (χ0v) is 12.6. The molecule has 1 atom stereocenters. The van der Waals surface area contributed by atoms with Crippen molar-refractivity contribution >= 4 is 11.9 Å². The van der Waals surface area contributed by atoms with Crippen molar-refractivity contribution in [1.82, 2.24) is 4.90 Å². The first-order valence-electron chi connectivity index (χ1n) is 7.48. The molecule has 1 aliphatic rings. The van der Waals surface area contributed by atoms with Gasteiger partial charge in [0, 0.05) is 19.5 Å². The number of benzene rings is 1. The van der Waals surface area contributed by atoms with Crippen LogP contribution in [0.5, 0.6) is 0 Å². The molecular formula is C16H22N2O4. The van der Waals surface area contributed by atoms with Crippen molar-refractivity contribution in [2.24, 2.45) is 5.73 Å². The van der Waals surface area contributed by atoms with Crippen LogP contribution >= 0.6 is 0 Å². The van der Waals surface area contributed by atoms with Gasteiger partial charge in [-0.1, -0.05) is 30.3 Å². The number of esters is 1. The Balaban J connectivity index is 1.68. The molecule has 0 saturated carbocycles. The molecule has 2 N–H and O–H groups in total. The molecule has 1 aromatic carbocycles. The second-order valence-corrected chi connectivity index (χ2v) is 5.23. The van der Waals surface area contributed by atoms with Gasteiger partial charge in [-0.25, -0.2) is 0 Å². The fourth-order valence-electron chi connectivity index (χ4n) is 2.20. The molecule has 1 heterocycles. The fraction of sp³-hybridized carbons (Fsp3) is 0.500. The first kappa shape index (κ1) is 16.5. The van der Waals surface area contributed by atoms with Crippen LogP contribution in [0, 0.1) is 0 Å². The molecular weight excluding hydrogens is 284 g/mol. The zero-order valence-electron chi connectivity index (χ0n) is 12.6. The van der Waals surface area contributed by atoms with Gasteiger partial charge >= 0.3 is 5.97 Å². The largest absolute Gasteiger partial charge is 0.460 e. The Kier molecular flexibility index (Phi) is 6.36. The number of ether oxygens (including phenoxy) is 2. The Morgan fingerprint density at radius 3 is 2.59 bits per heavy atom. The predicted octanol–water partition coefficient (Wildman–Crippen LogP) is 0.696. The van der Waals surface area contributed by atoms with E-state index in [2.05, 4.69) is 0 Å². The van der Waals surface area contributed by atoms with Gasteiger partial charge in [0.1, 0.15) is 12.6 Å². The number of rotatable bonds is 6. The van der Waals surface area contributed by atoms with E-state index in [4.69, 9.17) is 15.2 Å². The number of carbonyl (C=O) groups is 2. The third-order valence-electron chi connectivity index (χ3n) is 3.56. The normalized spacial score (nSPS) is 16.1. The summed E-state index contributed by atoms with van der Waals surface area (Å²) >= 11 is 0. The Morgan fingerprint density at radius 1 is 1.23 bits per heavy atom. The molecule has 1 aliphatic heterocycles. The molecule has 120 valence electrons. The van der Waals surface area contributed by atoms with Crippen molar-refractivity contribution in [2.45, 2.75) is 25.5 Å². The van der Waals surface area contributed by atoms with Crippen LogP contribution in [0.2, 0.25) is 0 Å². The van der Waals surface area contributed by atoms with Gasteiger partial charge in [-0.2, -0.15) is 0 Å². The molecule has 1 aromatic rings. The van der Waals surface area contributed by atoms with E-state index in [1.807, 2.05) is 30.3 Å². The van der Waals surface area contributed by atoms with Crippen molar-refractivity contribution in [1.29, 1.82) is 0 Å². The topological polar surface area (TPSA) is 81.9 Å². The van der Waals surface area contributed by atoms with Crippen molar-refractivity contribution in [3.63, 3.8) is 0 Å². The number of amides is 1. The average molecular weight is 306 g/mol. The first-order chi connectivity index (χ1) is 10.7. The lowest BCUT2D eigenvalue weighted by atomic mass is 10.1. The lowest BCUT2D eigenvalue weighted by Gasteiger charge is -2.27. The van der Waals surface area contributed by atoms with Crippen LogP contribution in [0.15, 0.2) is 30.3 Å². The Hall–Kier alpha value is -1.92. The third-order valence-corrected chi connectivity index (χ3v) is 3.56. The van der Waals surface area contributed by atoms with Crippen molar-refractivity contribution in [3.8, 4) is 0 Å². The molecule has 0 bridgehead atoms. The molecule has 22 heavy (non-hydrogen) atoms. The molecule has 6 heteroatoms. The van der Waals surface area contributed by atoms with E-state index < -0.39 is 12.0 Å². The Labute approximate surface area is 130 Å². The molecule has 6 nitrogen and oxygen atoms in total. The van der Waals surface area contributed by atoms with E-state index in [0.29, 0.717) is 32.7 Å². The van der Waals surface area contributed by atoms with E-state index >= 15 is 0 Å². The Morgan fingerprint density at radius 2 is 1.91 bits per heavy atom. The van der Waals surface area contributed by atoms with Gasteiger partial charge in [-0.15, -0.1) is 0 Å². The van der Waals surface area contributed by atoms with Crippen molar-refractivity contribution in [3.05, 3.63) is 35.9 Å². The van der Waals surface area contributed by atoms with Gasteiger partial charge < -0.3 is 20.1 Å². The minimum absolute atomic E-state index is 0.00890. The predicted molar refractivity (Wildman–Crippen MR) is 80.8 cm³/mol. The highest BCUT2D eigenvalue weighted by atomic mass is 16.5. The minimum atomic E-state index is -0.770. The highest BCUT2D eigenvalue weighted by Crippen LogP contribution is 2.06. The van der Waals surface area contributed by atoms with Gasteiger partial charge in [0.2, 0.25) is 5.91 Å². The monoisotopic (exact) mass is 306 g/mol. The first-order valence-corrected chi connectivity index (χ1v) is 7.48. The van der Waals surface area contributed by atoms with Crippen LogP contribution in [-0.4, -0.2) is 49.1 Å². The molecule has 1 saturated heterocycles. The average Bonchev–Trinajstić information content (AvgIpc) is 2.58. The number of nitrogens with two attached hydrogens (primary N) is 1. The third kappa shape index (κ3) is 5.13. The van der Waals surface area contributed by atoms with Crippen LogP contribution < -0.4 is 5.73 Å². The smallest absolute Gasteiger partial charge is 0.323 e. The van der Waals surface area contributed by atoms with Crippen LogP contribution in [0.1, 0.15) is 18.4 Å². The van der Waals surface area contributed by atoms with Crippen molar-refractivity contribution < 1.29 is 19.1 Å². The number of hydrogen-bond acceptors (Lipinski definition) is 5. The second kappa shape index (κ2) is 8.51. The Bertz CT molecular complexity index is 486. The summed E-state index contributed by atoms with van der Waals surface area (Å²) in [6.07, 6.45) is 0.547. The molecule has 1 amide bonds.